The van der Waals surface area contributed by atoms with Crippen molar-refractivity contribution in [3.05, 3.63) is 64.7 Å². The van der Waals surface area contributed by atoms with Gasteiger partial charge in [-0.25, -0.2) is 4.79 Å². The van der Waals surface area contributed by atoms with Crippen molar-refractivity contribution in [2.75, 3.05) is 0 Å². The van der Waals surface area contributed by atoms with E-state index in [0.717, 1.165) is 5.56 Å². The van der Waals surface area contributed by atoms with Gasteiger partial charge in [0.15, 0.2) is 0 Å². The number of benzene rings is 2. The molecule has 104 valence electrons. The van der Waals surface area contributed by atoms with E-state index in [2.05, 4.69) is 5.32 Å². The quantitative estimate of drug-likeness (QED) is 0.907. The van der Waals surface area contributed by atoms with Crippen LogP contribution in [-0.2, 0) is 17.9 Å². The summed E-state index contributed by atoms with van der Waals surface area (Å²) in [5, 5.41) is 12.7. The number of phenols is 1. The van der Waals surface area contributed by atoms with Crippen molar-refractivity contribution in [2.45, 2.75) is 13.2 Å². The third kappa shape index (κ3) is 4.17. The molecule has 2 rings (SSSR count). The molecule has 0 aromatic heterocycles. The topological polar surface area (TPSA) is 58.6 Å². The Bertz CT molecular complexity index is 587. The molecule has 0 bridgehead atoms. The number of rotatable bonds is 4. The van der Waals surface area contributed by atoms with E-state index in [0.29, 0.717) is 10.6 Å². The average Bonchev–Trinajstić information content (AvgIpc) is 2.47. The standard InChI is InChI=1S/C15H14ClNO3/c16-13-6-7-14(18)12(8-13)9-17-15(19)20-10-11-4-2-1-3-5-11/h1-8,18H,9-10H2,(H,17,19). The van der Waals surface area contributed by atoms with Gasteiger partial charge in [0.2, 0.25) is 0 Å². The summed E-state index contributed by atoms with van der Waals surface area (Å²) < 4.78 is 5.06. The number of nitrogens with one attached hydrogen (secondary N) is 1. The number of halogens is 1. The maximum atomic E-state index is 11.5. The molecule has 4 nitrogen and oxygen atoms in total. The molecule has 0 fully saturated rings. The van der Waals surface area contributed by atoms with Crippen LogP contribution in [0.2, 0.25) is 5.02 Å². The maximum absolute atomic E-state index is 11.5. The van der Waals surface area contributed by atoms with Gasteiger partial charge in [0.25, 0.3) is 0 Å². The number of alkyl carbamates (subject to hydrolysis) is 1. The van der Waals surface area contributed by atoms with Gasteiger partial charge in [0.05, 0.1) is 0 Å². The molecule has 0 saturated carbocycles. The maximum Gasteiger partial charge on any atom is 0.407 e. The van der Waals surface area contributed by atoms with Gasteiger partial charge in [-0.2, -0.15) is 0 Å². The minimum atomic E-state index is -0.548. The van der Waals surface area contributed by atoms with E-state index >= 15 is 0 Å². The van der Waals surface area contributed by atoms with Crippen molar-refractivity contribution < 1.29 is 14.6 Å². The minimum absolute atomic E-state index is 0.0813. The fourth-order valence-electron chi connectivity index (χ4n) is 1.64. The van der Waals surface area contributed by atoms with Gasteiger partial charge in [0.1, 0.15) is 12.4 Å². The first-order valence-electron chi connectivity index (χ1n) is 6.07. The first-order chi connectivity index (χ1) is 9.65. The van der Waals surface area contributed by atoms with Crippen LogP contribution >= 0.6 is 11.6 Å². The van der Waals surface area contributed by atoms with Gasteiger partial charge in [-0.3, -0.25) is 0 Å². The largest absolute Gasteiger partial charge is 0.508 e. The van der Waals surface area contributed by atoms with Gasteiger partial charge < -0.3 is 15.2 Å². The molecule has 2 aromatic rings. The summed E-state index contributed by atoms with van der Waals surface area (Å²) in [7, 11) is 0. The SMILES string of the molecule is O=C(NCc1cc(Cl)ccc1O)OCc1ccccc1. The first-order valence-corrected chi connectivity index (χ1v) is 6.45. The van der Waals surface area contributed by atoms with Gasteiger partial charge in [-0.15, -0.1) is 0 Å². The summed E-state index contributed by atoms with van der Waals surface area (Å²) in [5.41, 5.74) is 1.45. The van der Waals surface area contributed by atoms with Gasteiger partial charge >= 0.3 is 6.09 Å². The molecule has 0 aliphatic carbocycles. The van der Waals surface area contributed by atoms with Crippen molar-refractivity contribution in [1.29, 1.82) is 0 Å². The molecule has 0 unspecified atom stereocenters. The van der Waals surface area contributed by atoms with Crippen LogP contribution in [-0.4, -0.2) is 11.2 Å². The highest BCUT2D eigenvalue weighted by Crippen LogP contribution is 2.21. The molecule has 2 aromatic carbocycles. The lowest BCUT2D eigenvalue weighted by molar-refractivity contribution is 0.139. The number of aromatic hydroxyl groups is 1. The normalized spacial score (nSPS) is 10.1. The van der Waals surface area contributed by atoms with Crippen LogP contribution < -0.4 is 5.32 Å². The molecule has 2 N–H and O–H groups in total. The third-order valence-corrected chi connectivity index (χ3v) is 2.91. The lowest BCUT2D eigenvalue weighted by Crippen LogP contribution is -2.23. The van der Waals surface area contributed by atoms with Gasteiger partial charge in [-0.1, -0.05) is 41.9 Å². The van der Waals surface area contributed by atoms with Crippen molar-refractivity contribution >= 4 is 17.7 Å². The Morgan fingerprint density at radius 1 is 1.20 bits per heavy atom. The molecule has 0 heterocycles. The predicted molar refractivity (Wildman–Crippen MR) is 76.6 cm³/mol. The van der Waals surface area contributed by atoms with Crippen LogP contribution in [0.25, 0.3) is 0 Å². The highest BCUT2D eigenvalue weighted by molar-refractivity contribution is 6.30. The molecule has 0 saturated heterocycles. The van der Waals surface area contributed by atoms with Crippen LogP contribution in [0, 0.1) is 0 Å². The molecule has 0 atom stereocenters. The molecular formula is C15H14ClNO3. The van der Waals surface area contributed by atoms with Crippen LogP contribution in [0.5, 0.6) is 5.75 Å². The Morgan fingerprint density at radius 2 is 1.95 bits per heavy atom. The third-order valence-electron chi connectivity index (χ3n) is 2.68. The summed E-state index contributed by atoms with van der Waals surface area (Å²) in [6.07, 6.45) is -0.548. The fourth-order valence-corrected chi connectivity index (χ4v) is 1.83. The molecule has 0 aliphatic rings. The van der Waals surface area contributed by atoms with E-state index < -0.39 is 6.09 Å². The second-order valence-electron chi connectivity index (χ2n) is 4.19. The highest BCUT2D eigenvalue weighted by atomic mass is 35.5. The van der Waals surface area contributed by atoms with E-state index in [4.69, 9.17) is 16.3 Å². The van der Waals surface area contributed by atoms with Crippen LogP contribution in [0.3, 0.4) is 0 Å². The molecule has 0 aliphatic heterocycles. The second kappa shape index (κ2) is 6.82. The van der Waals surface area contributed by atoms with Crippen molar-refractivity contribution in [3.63, 3.8) is 0 Å². The molecule has 5 heteroatoms. The molecule has 0 radical (unpaired) electrons. The number of hydrogen-bond donors (Lipinski definition) is 2. The van der Waals surface area contributed by atoms with E-state index in [1.54, 1.807) is 12.1 Å². The van der Waals surface area contributed by atoms with Crippen molar-refractivity contribution in [1.82, 2.24) is 5.32 Å². The zero-order valence-electron chi connectivity index (χ0n) is 10.7. The number of carbonyl (C=O) groups is 1. The van der Waals surface area contributed by atoms with Crippen molar-refractivity contribution in [2.24, 2.45) is 0 Å². The van der Waals surface area contributed by atoms with E-state index in [1.165, 1.54) is 6.07 Å². The van der Waals surface area contributed by atoms with Gasteiger partial charge in [0, 0.05) is 17.1 Å². The van der Waals surface area contributed by atoms with E-state index in [1.807, 2.05) is 30.3 Å². The fraction of sp³-hybridized carbons (Fsp3) is 0.133. The van der Waals surface area contributed by atoms with Crippen LogP contribution in [0.4, 0.5) is 4.79 Å². The van der Waals surface area contributed by atoms with Gasteiger partial charge in [-0.05, 0) is 23.8 Å². The number of amides is 1. The summed E-state index contributed by atoms with van der Waals surface area (Å²) >= 11 is 5.82. The van der Waals surface area contributed by atoms with Crippen molar-refractivity contribution in [3.8, 4) is 5.75 Å². The highest BCUT2D eigenvalue weighted by Gasteiger charge is 2.06. The average molecular weight is 292 g/mol. The smallest absolute Gasteiger partial charge is 0.407 e. The number of hydrogen-bond acceptors (Lipinski definition) is 3. The number of ether oxygens (including phenoxy) is 1. The van der Waals surface area contributed by atoms with E-state index in [-0.39, 0.29) is 18.9 Å². The lowest BCUT2D eigenvalue weighted by Gasteiger charge is -2.08. The summed E-state index contributed by atoms with van der Waals surface area (Å²) in [4.78, 5) is 11.5. The Morgan fingerprint density at radius 3 is 2.70 bits per heavy atom. The number of carbonyl (C=O) groups excluding carboxylic acids is 1. The first kappa shape index (κ1) is 14.2. The van der Waals surface area contributed by atoms with E-state index in [9.17, 15) is 9.90 Å². The predicted octanol–water partition coefficient (Wildman–Crippen LogP) is 3.47. The Balaban J connectivity index is 1.82. The summed E-state index contributed by atoms with van der Waals surface area (Å²) in [6.45, 7) is 0.355. The second-order valence-corrected chi connectivity index (χ2v) is 4.62. The zero-order valence-corrected chi connectivity index (χ0v) is 11.4. The molecule has 20 heavy (non-hydrogen) atoms. The number of phenolic OH excluding ortho intramolecular Hbond substituents is 1. The Hall–Kier alpha value is -2.20. The van der Waals surface area contributed by atoms with Crippen LogP contribution in [0.15, 0.2) is 48.5 Å². The minimum Gasteiger partial charge on any atom is -0.508 e. The Labute approximate surface area is 122 Å². The Kier molecular flexibility index (Phi) is 4.85. The summed E-state index contributed by atoms with van der Waals surface area (Å²) in [5.74, 6) is 0.0813. The molecular weight excluding hydrogens is 278 g/mol. The lowest BCUT2D eigenvalue weighted by atomic mass is 10.2. The monoisotopic (exact) mass is 291 g/mol. The van der Waals surface area contributed by atoms with Crippen LogP contribution in [0.1, 0.15) is 11.1 Å². The molecule has 0 spiro atoms. The zero-order chi connectivity index (χ0) is 14.4. The molecule has 1 amide bonds. The summed E-state index contributed by atoms with van der Waals surface area (Å²) in [6, 6.07) is 14.0.